The molecule has 0 spiro atoms. The second-order valence-electron chi connectivity index (χ2n) is 3.44. The Morgan fingerprint density at radius 1 is 1.11 bits per heavy atom. The second kappa shape index (κ2) is 4.68. The van der Waals surface area contributed by atoms with Gasteiger partial charge >= 0.3 is 12.4 Å². The maximum atomic E-state index is 12.7. The SMILES string of the molecule is NCc1c(C(F)(F)F)ccc([N+](=O)[O-])c1C(F)(F)F. The van der Waals surface area contributed by atoms with E-state index in [4.69, 9.17) is 5.73 Å². The van der Waals surface area contributed by atoms with Crippen LogP contribution in [0.5, 0.6) is 0 Å². The van der Waals surface area contributed by atoms with Crippen molar-refractivity contribution >= 4 is 5.69 Å². The van der Waals surface area contributed by atoms with Crippen molar-refractivity contribution in [2.24, 2.45) is 5.73 Å². The van der Waals surface area contributed by atoms with Crippen LogP contribution >= 0.6 is 0 Å². The highest BCUT2D eigenvalue weighted by Crippen LogP contribution is 2.43. The summed E-state index contributed by atoms with van der Waals surface area (Å²) in [6, 6.07) is 0.389. The largest absolute Gasteiger partial charge is 0.423 e. The Kier molecular flexibility index (Phi) is 3.75. The fourth-order valence-corrected chi connectivity index (χ4v) is 1.58. The molecular weight excluding hydrogens is 282 g/mol. The molecule has 0 fully saturated rings. The zero-order valence-corrected chi connectivity index (χ0v) is 8.97. The molecule has 0 radical (unpaired) electrons. The molecule has 1 aromatic carbocycles. The molecule has 0 heterocycles. The van der Waals surface area contributed by atoms with Crippen LogP contribution in [0.15, 0.2) is 12.1 Å². The Hall–Kier alpha value is -1.84. The van der Waals surface area contributed by atoms with E-state index in [1.807, 2.05) is 0 Å². The van der Waals surface area contributed by atoms with Crippen LogP contribution in [0.25, 0.3) is 0 Å². The van der Waals surface area contributed by atoms with Crippen LogP contribution in [0.3, 0.4) is 0 Å². The highest BCUT2D eigenvalue weighted by molar-refractivity contribution is 5.52. The van der Waals surface area contributed by atoms with Gasteiger partial charge in [-0.3, -0.25) is 10.1 Å². The zero-order chi connectivity index (χ0) is 15.0. The number of halogens is 6. The summed E-state index contributed by atoms with van der Waals surface area (Å²) in [4.78, 5) is 9.08. The third kappa shape index (κ3) is 2.95. The average Bonchev–Trinajstić information content (AvgIpc) is 2.24. The third-order valence-corrected chi connectivity index (χ3v) is 2.28. The molecule has 0 saturated carbocycles. The topological polar surface area (TPSA) is 69.2 Å². The van der Waals surface area contributed by atoms with E-state index < -0.39 is 46.2 Å². The molecule has 0 amide bonds. The lowest BCUT2D eigenvalue weighted by molar-refractivity contribution is -0.388. The van der Waals surface area contributed by atoms with Gasteiger partial charge in [0.05, 0.1) is 10.5 Å². The van der Waals surface area contributed by atoms with E-state index in [1.54, 1.807) is 0 Å². The van der Waals surface area contributed by atoms with Crippen molar-refractivity contribution in [2.75, 3.05) is 0 Å². The van der Waals surface area contributed by atoms with Gasteiger partial charge in [0, 0.05) is 12.6 Å². The molecule has 2 N–H and O–H groups in total. The lowest BCUT2D eigenvalue weighted by Gasteiger charge is -2.17. The molecule has 106 valence electrons. The van der Waals surface area contributed by atoms with E-state index in [2.05, 4.69) is 0 Å². The molecule has 0 atom stereocenters. The van der Waals surface area contributed by atoms with Crippen molar-refractivity contribution in [2.45, 2.75) is 18.9 Å². The van der Waals surface area contributed by atoms with E-state index in [0.717, 1.165) is 0 Å². The minimum atomic E-state index is -5.31. The summed E-state index contributed by atoms with van der Waals surface area (Å²) in [7, 11) is 0. The highest BCUT2D eigenvalue weighted by atomic mass is 19.4. The van der Waals surface area contributed by atoms with Crippen LogP contribution in [0.2, 0.25) is 0 Å². The minimum absolute atomic E-state index is 0.171. The Morgan fingerprint density at radius 3 is 1.95 bits per heavy atom. The van der Waals surface area contributed by atoms with Crippen LogP contribution in [0.4, 0.5) is 32.0 Å². The molecule has 1 rings (SSSR count). The molecular formula is C9H6F6N2O2. The van der Waals surface area contributed by atoms with Crippen molar-refractivity contribution in [3.63, 3.8) is 0 Å². The molecule has 0 unspecified atom stereocenters. The lowest BCUT2D eigenvalue weighted by atomic mass is 9.98. The maximum absolute atomic E-state index is 12.7. The highest BCUT2D eigenvalue weighted by Gasteiger charge is 2.45. The van der Waals surface area contributed by atoms with E-state index in [-0.39, 0.29) is 12.1 Å². The van der Waals surface area contributed by atoms with Crippen LogP contribution in [-0.4, -0.2) is 4.92 Å². The van der Waals surface area contributed by atoms with Gasteiger partial charge in [-0.25, -0.2) is 0 Å². The Bertz CT molecular complexity index is 509. The summed E-state index contributed by atoms with van der Waals surface area (Å²) in [6.45, 7) is -1.12. The molecule has 1 aromatic rings. The van der Waals surface area contributed by atoms with Crippen molar-refractivity contribution in [3.05, 3.63) is 38.9 Å². The molecule has 0 bridgehead atoms. The Labute approximate surface area is 102 Å². The monoisotopic (exact) mass is 288 g/mol. The first-order valence-electron chi connectivity index (χ1n) is 4.65. The summed E-state index contributed by atoms with van der Waals surface area (Å²) in [5.74, 6) is 0. The molecule has 0 aliphatic carbocycles. The zero-order valence-electron chi connectivity index (χ0n) is 8.97. The molecule has 4 nitrogen and oxygen atoms in total. The van der Waals surface area contributed by atoms with Gasteiger partial charge in [-0.05, 0) is 11.6 Å². The van der Waals surface area contributed by atoms with Gasteiger partial charge in [-0.2, -0.15) is 26.3 Å². The van der Waals surface area contributed by atoms with E-state index in [0.29, 0.717) is 0 Å². The van der Waals surface area contributed by atoms with Gasteiger partial charge < -0.3 is 5.73 Å². The number of hydrogen-bond donors (Lipinski definition) is 1. The van der Waals surface area contributed by atoms with Crippen molar-refractivity contribution in [1.82, 2.24) is 0 Å². The van der Waals surface area contributed by atoms with Crippen LogP contribution in [0, 0.1) is 10.1 Å². The summed E-state index contributed by atoms with van der Waals surface area (Å²) in [5.41, 5.74) is -1.50. The summed E-state index contributed by atoms with van der Waals surface area (Å²) in [6.07, 6.45) is -10.4. The van der Waals surface area contributed by atoms with Gasteiger partial charge in [0.1, 0.15) is 5.56 Å². The number of rotatable bonds is 2. The molecule has 10 heteroatoms. The predicted molar refractivity (Wildman–Crippen MR) is 51.0 cm³/mol. The van der Waals surface area contributed by atoms with Crippen LogP contribution < -0.4 is 5.73 Å². The number of nitro groups is 1. The molecule has 0 aromatic heterocycles. The number of alkyl halides is 6. The smallest absolute Gasteiger partial charge is 0.326 e. The first-order chi connectivity index (χ1) is 8.50. The van der Waals surface area contributed by atoms with E-state index >= 15 is 0 Å². The van der Waals surface area contributed by atoms with Crippen LogP contribution in [-0.2, 0) is 18.9 Å². The number of hydrogen-bond acceptors (Lipinski definition) is 3. The summed E-state index contributed by atoms with van der Waals surface area (Å²) < 4.78 is 75.7. The molecule has 19 heavy (non-hydrogen) atoms. The quantitative estimate of drug-likeness (QED) is 0.516. The lowest BCUT2D eigenvalue weighted by Crippen LogP contribution is -2.20. The van der Waals surface area contributed by atoms with Gasteiger partial charge in [-0.1, -0.05) is 0 Å². The number of benzene rings is 1. The van der Waals surface area contributed by atoms with Gasteiger partial charge in [-0.15, -0.1) is 0 Å². The van der Waals surface area contributed by atoms with Crippen molar-refractivity contribution < 1.29 is 31.3 Å². The van der Waals surface area contributed by atoms with Gasteiger partial charge in [0.2, 0.25) is 0 Å². The number of nitrogens with two attached hydrogens (primary N) is 1. The standard InChI is InChI=1S/C9H6F6N2O2/c10-8(11,12)5-1-2-6(17(18)19)7(4(5)3-16)9(13,14)15/h1-2H,3,16H2. The van der Waals surface area contributed by atoms with Crippen LogP contribution in [0.1, 0.15) is 16.7 Å². The Morgan fingerprint density at radius 2 is 1.63 bits per heavy atom. The molecule has 0 saturated heterocycles. The fraction of sp³-hybridized carbons (Fsp3) is 0.333. The summed E-state index contributed by atoms with van der Waals surface area (Å²) >= 11 is 0. The second-order valence-corrected chi connectivity index (χ2v) is 3.44. The molecule has 0 aliphatic rings. The predicted octanol–water partition coefficient (Wildman–Crippen LogP) is 3.09. The Balaban J connectivity index is 3.75. The fourth-order valence-electron chi connectivity index (χ4n) is 1.58. The third-order valence-electron chi connectivity index (χ3n) is 2.28. The van der Waals surface area contributed by atoms with Crippen molar-refractivity contribution in [3.8, 4) is 0 Å². The van der Waals surface area contributed by atoms with Gasteiger partial charge in [0.15, 0.2) is 0 Å². The molecule has 0 aliphatic heterocycles. The van der Waals surface area contributed by atoms with E-state index in [9.17, 15) is 36.5 Å². The average molecular weight is 288 g/mol. The van der Waals surface area contributed by atoms with Crippen molar-refractivity contribution in [1.29, 1.82) is 0 Å². The first-order valence-corrected chi connectivity index (χ1v) is 4.65. The summed E-state index contributed by atoms with van der Waals surface area (Å²) in [5, 5.41) is 10.5. The number of nitrogens with zero attached hydrogens (tertiary/aromatic N) is 1. The normalized spacial score (nSPS) is 12.6. The van der Waals surface area contributed by atoms with Gasteiger partial charge in [0.25, 0.3) is 5.69 Å². The first kappa shape index (κ1) is 15.2. The number of nitro benzene ring substituents is 1. The van der Waals surface area contributed by atoms with E-state index in [1.165, 1.54) is 0 Å². The maximum Gasteiger partial charge on any atom is 0.423 e. The minimum Gasteiger partial charge on any atom is -0.326 e.